The third-order valence-corrected chi connectivity index (χ3v) is 8.42. The SMILES string of the molecule is CC1(C)[C@@H]2[C@@H](C(=O)N[C@H](CO)C[C@@H]3CCCNC3=O)N(C(=O)c3cc4cccc(Cl)c4[nH]3)C[C@@H]21. The molecule has 5 atom stereocenters. The van der Waals surface area contributed by atoms with E-state index >= 15 is 0 Å². The molecule has 0 bridgehead atoms. The Labute approximate surface area is 203 Å². The quantitative estimate of drug-likeness (QED) is 0.501. The van der Waals surface area contributed by atoms with Gasteiger partial charge in [0.1, 0.15) is 11.7 Å². The van der Waals surface area contributed by atoms with Gasteiger partial charge in [-0.1, -0.05) is 37.6 Å². The second-order valence-corrected chi connectivity index (χ2v) is 10.9. The number of carbonyl (C=O) groups is 3. The van der Waals surface area contributed by atoms with Crippen LogP contribution in [0.2, 0.25) is 5.02 Å². The van der Waals surface area contributed by atoms with E-state index in [1.165, 1.54) is 0 Å². The summed E-state index contributed by atoms with van der Waals surface area (Å²) in [5.41, 5.74) is 1.07. The van der Waals surface area contributed by atoms with E-state index in [1.54, 1.807) is 17.0 Å². The summed E-state index contributed by atoms with van der Waals surface area (Å²) < 4.78 is 0. The Balaban J connectivity index is 1.35. The lowest BCUT2D eigenvalue weighted by Crippen LogP contribution is -2.53. The molecule has 4 N–H and O–H groups in total. The van der Waals surface area contributed by atoms with Gasteiger partial charge in [0.25, 0.3) is 5.91 Å². The first kappa shape index (κ1) is 23.2. The van der Waals surface area contributed by atoms with Crippen LogP contribution in [0.4, 0.5) is 0 Å². The predicted molar refractivity (Wildman–Crippen MR) is 128 cm³/mol. The molecule has 1 aliphatic carbocycles. The maximum absolute atomic E-state index is 13.5. The second-order valence-electron chi connectivity index (χ2n) is 10.5. The topological polar surface area (TPSA) is 115 Å². The summed E-state index contributed by atoms with van der Waals surface area (Å²) in [5, 5.41) is 17.1. The number of likely N-dealkylation sites (tertiary alicyclic amines) is 1. The minimum atomic E-state index is -0.622. The van der Waals surface area contributed by atoms with E-state index in [0.29, 0.717) is 35.7 Å². The molecule has 3 fully saturated rings. The van der Waals surface area contributed by atoms with E-state index in [-0.39, 0.29) is 47.5 Å². The highest BCUT2D eigenvalue weighted by molar-refractivity contribution is 6.35. The fourth-order valence-electron chi connectivity index (χ4n) is 6.05. The smallest absolute Gasteiger partial charge is 0.271 e. The van der Waals surface area contributed by atoms with Gasteiger partial charge in [0.05, 0.1) is 23.2 Å². The average Bonchev–Trinajstić information content (AvgIpc) is 3.20. The molecule has 0 radical (unpaired) electrons. The van der Waals surface area contributed by atoms with Crippen molar-refractivity contribution in [3.63, 3.8) is 0 Å². The van der Waals surface area contributed by atoms with Crippen molar-refractivity contribution in [3.05, 3.63) is 35.0 Å². The van der Waals surface area contributed by atoms with E-state index in [4.69, 9.17) is 11.6 Å². The number of para-hydroxylation sites is 1. The molecule has 2 aromatic rings. The number of piperidine rings is 2. The van der Waals surface area contributed by atoms with E-state index in [2.05, 4.69) is 29.5 Å². The maximum atomic E-state index is 13.5. The van der Waals surface area contributed by atoms with Gasteiger partial charge in [-0.15, -0.1) is 0 Å². The van der Waals surface area contributed by atoms with Crippen molar-refractivity contribution in [2.45, 2.75) is 45.2 Å². The molecule has 1 aromatic carbocycles. The molecule has 182 valence electrons. The second kappa shape index (κ2) is 8.57. The van der Waals surface area contributed by atoms with Crippen LogP contribution in [0.3, 0.4) is 0 Å². The summed E-state index contributed by atoms with van der Waals surface area (Å²) in [5.74, 6) is -0.455. The van der Waals surface area contributed by atoms with E-state index in [0.717, 1.165) is 18.2 Å². The Morgan fingerprint density at radius 2 is 2.15 bits per heavy atom. The molecule has 3 aliphatic rings. The first-order valence-electron chi connectivity index (χ1n) is 12.0. The minimum absolute atomic E-state index is 0.0273. The van der Waals surface area contributed by atoms with Crippen molar-refractivity contribution in [3.8, 4) is 0 Å². The van der Waals surface area contributed by atoms with Gasteiger partial charge in [0.15, 0.2) is 0 Å². The van der Waals surface area contributed by atoms with Gasteiger partial charge >= 0.3 is 0 Å². The lowest BCUT2D eigenvalue weighted by molar-refractivity contribution is -0.129. The average molecular weight is 487 g/mol. The summed E-state index contributed by atoms with van der Waals surface area (Å²) in [4.78, 5) is 43.9. The maximum Gasteiger partial charge on any atom is 0.271 e. The number of aromatic amines is 1. The Morgan fingerprint density at radius 3 is 2.85 bits per heavy atom. The Bertz CT molecular complexity index is 1150. The standard InChI is InChI=1S/C25H31ClN4O4/c1-25(2)16-11-30(24(34)18-10-13-5-3-7-17(26)20(13)29-18)21(19(16)25)23(33)28-15(12-31)9-14-6-4-8-27-22(14)32/h3,5,7,10,14-16,19,21,29,31H,4,6,8-9,11-12H2,1-2H3,(H,27,32)(H,28,33)/t14-,15-,16-,19-,21-/m0/s1. The van der Waals surface area contributed by atoms with Crippen LogP contribution in [0.1, 0.15) is 43.6 Å². The normalized spacial score (nSPS) is 28.4. The van der Waals surface area contributed by atoms with Crippen molar-refractivity contribution < 1.29 is 19.5 Å². The number of rotatable bonds is 6. The van der Waals surface area contributed by atoms with E-state index in [9.17, 15) is 19.5 Å². The van der Waals surface area contributed by atoms with Gasteiger partial charge in [0.2, 0.25) is 11.8 Å². The number of hydrogen-bond donors (Lipinski definition) is 4. The van der Waals surface area contributed by atoms with Crippen LogP contribution in [0.25, 0.3) is 10.9 Å². The third-order valence-electron chi connectivity index (χ3n) is 8.11. The highest BCUT2D eigenvalue weighted by Gasteiger charge is 2.69. The Kier molecular flexibility index (Phi) is 5.84. The fraction of sp³-hybridized carbons (Fsp3) is 0.560. The zero-order valence-electron chi connectivity index (χ0n) is 19.4. The molecule has 1 aromatic heterocycles. The molecule has 2 saturated heterocycles. The third kappa shape index (κ3) is 3.86. The van der Waals surface area contributed by atoms with Gasteiger partial charge in [0, 0.05) is 24.4 Å². The van der Waals surface area contributed by atoms with Crippen LogP contribution >= 0.6 is 11.6 Å². The van der Waals surface area contributed by atoms with Crippen molar-refractivity contribution in [1.29, 1.82) is 0 Å². The number of carbonyl (C=O) groups excluding carboxylic acids is 3. The van der Waals surface area contributed by atoms with Gasteiger partial charge < -0.3 is 25.6 Å². The number of aromatic nitrogens is 1. The van der Waals surface area contributed by atoms with Crippen LogP contribution in [0, 0.1) is 23.2 Å². The van der Waals surface area contributed by atoms with Crippen LogP contribution in [0.5, 0.6) is 0 Å². The molecule has 8 nitrogen and oxygen atoms in total. The molecule has 5 rings (SSSR count). The monoisotopic (exact) mass is 486 g/mol. The molecule has 3 heterocycles. The summed E-state index contributed by atoms with van der Waals surface area (Å²) in [6.07, 6.45) is 2.01. The largest absolute Gasteiger partial charge is 0.394 e. The molecule has 0 unspecified atom stereocenters. The number of H-pyrrole nitrogens is 1. The fourth-order valence-corrected chi connectivity index (χ4v) is 6.28. The minimum Gasteiger partial charge on any atom is -0.394 e. The molecule has 0 spiro atoms. The van der Waals surface area contributed by atoms with Crippen LogP contribution in [-0.2, 0) is 9.59 Å². The molecular weight excluding hydrogens is 456 g/mol. The van der Waals surface area contributed by atoms with E-state index in [1.807, 2.05) is 12.1 Å². The van der Waals surface area contributed by atoms with Gasteiger partial charge in [-0.05, 0) is 48.6 Å². The van der Waals surface area contributed by atoms with Crippen LogP contribution in [-0.4, -0.2) is 64.5 Å². The van der Waals surface area contributed by atoms with Crippen molar-refractivity contribution >= 4 is 40.2 Å². The lowest BCUT2D eigenvalue weighted by Gasteiger charge is -2.32. The Hall–Kier alpha value is -2.58. The highest BCUT2D eigenvalue weighted by atomic mass is 35.5. The zero-order chi connectivity index (χ0) is 24.2. The zero-order valence-corrected chi connectivity index (χ0v) is 20.2. The summed E-state index contributed by atoms with van der Waals surface area (Å²) in [6, 6.07) is 6.09. The molecule has 3 amide bonds. The number of amides is 3. The Morgan fingerprint density at radius 1 is 1.35 bits per heavy atom. The van der Waals surface area contributed by atoms with Crippen molar-refractivity contribution in [2.24, 2.45) is 23.2 Å². The number of halogens is 1. The number of hydrogen-bond acceptors (Lipinski definition) is 4. The van der Waals surface area contributed by atoms with E-state index < -0.39 is 12.1 Å². The highest BCUT2D eigenvalue weighted by Crippen LogP contribution is 2.65. The number of nitrogens with one attached hydrogen (secondary N) is 3. The van der Waals surface area contributed by atoms with Crippen LogP contribution < -0.4 is 10.6 Å². The van der Waals surface area contributed by atoms with Gasteiger partial charge in [-0.3, -0.25) is 14.4 Å². The molecule has 9 heteroatoms. The van der Waals surface area contributed by atoms with Crippen LogP contribution in [0.15, 0.2) is 24.3 Å². The molecule has 1 saturated carbocycles. The molecular formula is C25H31ClN4O4. The summed E-state index contributed by atoms with van der Waals surface area (Å²) in [6.45, 7) is 5.18. The first-order chi connectivity index (χ1) is 16.2. The summed E-state index contributed by atoms with van der Waals surface area (Å²) in [7, 11) is 0. The number of nitrogens with zero attached hydrogens (tertiary/aromatic N) is 1. The van der Waals surface area contributed by atoms with Crippen molar-refractivity contribution in [1.82, 2.24) is 20.5 Å². The molecule has 2 aliphatic heterocycles. The molecule has 34 heavy (non-hydrogen) atoms. The number of aliphatic hydroxyl groups excluding tert-OH is 1. The number of aliphatic hydroxyl groups is 1. The lowest BCUT2D eigenvalue weighted by atomic mass is 9.91. The first-order valence-corrected chi connectivity index (χ1v) is 12.4. The predicted octanol–water partition coefficient (Wildman–Crippen LogP) is 2.31. The van der Waals surface area contributed by atoms with Gasteiger partial charge in [-0.25, -0.2) is 0 Å². The number of benzene rings is 1. The van der Waals surface area contributed by atoms with Crippen molar-refractivity contribution in [2.75, 3.05) is 19.7 Å². The summed E-state index contributed by atoms with van der Waals surface area (Å²) >= 11 is 6.27. The number of fused-ring (bicyclic) bond motifs is 2. The van der Waals surface area contributed by atoms with Gasteiger partial charge in [-0.2, -0.15) is 0 Å².